The molecule has 0 aromatic rings. The Balaban J connectivity index is 2.44. The van der Waals surface area contributed by atoms with Crippen molar-refractivity contribution in [2.45, 2.75) is 38.2 Å². The van der Waals surface area contributed by atoms with Gasteiger partial charge >= 0.3 is 5.97 Å². The molecule has 0 aromatic heterocycles. The number of aliphatic carboxylic acids is 1. The number of carboxylic acid groups (broad SMARTS) is 1. The van der Waals surface area contributed by atoms with Crippen LogP contribution in [0, 0.1) is 0 Å². The van der Waals surface area contributed by atoms with Crippen molar-refractivity contribution in [1.29, 1.82) is 0 Å². The molecular formula is C10H16O3. The summed E-state index contributed by atoms with van der Waals surface area (Å²) in [6.45, 7) is 0. The second-order valence-electron chi connectivity index (χ2n) is 3.33. The molecule has 0 spiro atoms. The van der Waals surface area contributed by atoms with E-state index in [0.717, 1.165) is 24.8 Å². The van der Waals surface area contributed by atoms with E-state index >= 15 is 0 Å². The number of carboxylic acids is 1. The third kappa shape index (κ3) is 3.19. The molecule has 1 aliphatic rings. The Morgan fingerprint density at radius 2 is 2.54 bits per heavy atom. The van der Waals surface area contributed by atoms with E-state index in [-0.39, 0.29) is 12.5 Å². The maximum absolute atomic E-state index is 10.4. The average molecular weight is 184 g/mol. The van der Waals surface area contributed by atoms with Gasteiger partial charge in [-0.05, 0) is 31.3 Å². The van der Waals surface area contributed by atoms with Gasteiger partial charge < -0.3 is 9.84 Å². The Labute approximate surface area is 78.4 Å². The summed E-state index contributed by atoms with van der Waals surface area (Å²) in [4.78, 5) is 10.4. The van der Waals surface area contributed by atoms with Crippen LogP contribution in [-0.4, -0.2) is 24.3 Å². The number of hydrogen-bond acceptors (Lipinski definition) is 2. The summed E-state index contributed by atoms with van der Waals surface area (Å²) in [5.41, 5.74) is 1.16. The molecule has 0 aliphatic heterocycles. The van der Waals surface area contributed by atoms with E-state index in [2.05, 4.69) is 6.08 Å². The predicted octanol–water partition coefficient (Wildman–Crippen LogP) is 1.98. The van der Waals surface area contributed by atoms with Crippen molar-refractivity contribution in [3.05, 3.63) is 11.6 Å². The average Bonchev–Trinajstić information content (AvgIpc) is 2.15. The zero-order chi connectivity index (χ0) is 9.68. The Kier molecular flexibility index (Phi) is 3.96. The number of ether oxygens (including phenoxy) is 1. The number of rotatable bonds is 4. The van der Waals surface area contributed by atoms with Crippen molar-refractivity contribution in [1.82, 2.24) is 0 Å². The maximum Gasteiger partial charge on any atom is 0.303 e. The number of hydrogen-bond donors (Lipinski definition) is 1. The number of allylic oxidation sites excluding steroid dienone is 1. The summed E-state index contributed by atoms with van der Waals surface area (Å²) in [6, 6.07) is 0. The normalized spacial score (nSPS) is 22.5. The first-order valence-corrected chi connectivity index (χ1v) is 4.67. The number of carbonyl (C=O) groups is 1. The van der Waals surface area contributed by atoms with Gasteiger partial charge in [-0.15, -0.1) is 0 Å². The molecule has 0 saturated heterocycles. The molecule has 1 atom stereocenters. The van der Waals surface area contributed by atoms with Crippen molar-refractivity contribution in [3.8, 4) is 0 Å². The lowest BCUT2D eigenvalue weighted by atomic mass is 9.93. The summed E-state index contributed by atoms with van der Waals surface area (Å²) >= 11 is 0. The molecule has 1 rings (SSSR count). The topological polar surface area (TPSA) is 46.5 Å². The van der Waals surface area contributed by atoms with E-state index in [1.54, 1.807) is 7.11 Å². The molecule has 0 unspecified atom stereocenters. The molecule has 0 saturated carbocycles. The third-order valence-corrected chi connectivity index (χ3v) is 2.40. The summed E-state index contributed by atoms with van der Waals surface area (Å²) in [7, 11) is 1.69. The maximum atomic E-state index is 10.4. The van der Waals surface area contributed by atoms with Crippen molar-refractivity contribution >= 4 is 5.97 Å². The van der Waals surface area contributed by atoms with Crippen LogP contribution in [0.2, 0.25) is 0 Å². The molecule has 0 heterocycles. The van der Waals surface area contributed by atoms with Crippen LogP contribution in [0.15, 0.2) is 11.6 Å². The largest absolute Gasteiger partial charge is 0.481 e. The fourth-order valence-electron chi connectivity index (χ4n) is 1.69. The standard InChI is InChI=1S/C10H16O3/c1-13-9-5-3-2-4-8(9)6-7-10(11)12/h4,9H,2-3,5-7H2,1H3,(H,11,12)/t9-/m1/s1. The molecule has 3 nitrogen and oxygen atoms in total. The summed E-state index contributed by atoms with van der Waals surface area (Å²) < 4.78 is 5.27. The van der Waals surface area contributed by atoms with Crippen LogP contribution < -0.4 is 0 Å². The second-order valence-corrected chi connectivity index (χ2v) is 3.33. The molecule has 0 amide bonds. The van der Waals surface area contributed by atoms with Gasteiger partial charge in [-0.1, -0.05) is 6.08 Å². The van der Waals surface area contributed by atoms with Gasteiger partial charge in [0.05, 0.1) is 6.10 Å². The number of methoxy groups -OCH3 is 1. The van der Waals surface area contributed by atoms with Gasteiger partial charge in [-0.3, -0.25) is 4.79 Å². The molecule has 0 fully saturated rings. The zero-order valence-corrected chi connectivity index (χ0v) is 7.95. The van der Waals surface area contributed by atoms with Gasteiger partial charge in [-0.2, -0.15) is 0 Å². The van der Waals surface area contributed by atoms with E-state index in [0.29, 0.717) is 6.42 Å². The Morgan fingerprint density at radius 3 is 3.15 bits per heavy atom. The second kappa shape index (κ2) is 5.02. The molecule has 13 heavy (non-hydrogen) atoms. The highest BCUT2D eigenvalue weighted by Crippen LogP contribution is 2.24. The van der Waals surface area contributed by atoms with E-state index in [4.69, 9.17) is 9.84 Å². The van der Waals surface area contributed by atoms with Gasteiger partial charge in [0.25, 0.3) is 0 Å². The van der Waals surface area contributed by atoms with Crippen LogP contribution >= 0.6 is 0 Å². The fourth-order valence-corrected chi connectivity index (χ4v) is 1.69. The molecule has 3 heteroatoms. The Bertz CT molecular complexity index is 208. The van der Waals surface area contributed by atoms with Crippen LogP contribution in [0.3, 0.4) is 0 Å². The molecule has 0 radical (unpaired) electrons. The lowest BCUT2D eigenvalue weighted by Gasteiger charge is -2.22. The lowest BCUT2D eigenvalue weighted by Crippen LogP contribution is -2.17. The van der Waals surface area contributed by atoms with Gasteiger partial charge in [0.15, 0.2) is 0 Å². The molecule has 74 valence electrons. The highest BCUT2D eigenvalue weighted by Gasteiger charge is 2.17. The summed E-state index contributed by atoms with van der Waals surface area (Å²) in [6.07, 6.45) is 6.37. The highest BCUT2D eigenvalue weighted by molar-refractivity contribution is 5.67. The minimum Gasteiger partial charge on any atom is -0.481 e. The van der Waals surface area contributed by atoms with Crippen LogP contribution in [0.1, 0.15) is 32.1 Å². The summed E-state index contributed by atoms with van der Waals surface area (Å²) in [5.74, 6) is -0.735. The van der Waals surface area contributed by atoms with Crippen molar-refractivity contribution in [2.24, 2.45) is 0 Å². The van der Waals surface area contributed by atoms with E-state index in [9.17, 15) is 4.79 Å². The zero-order valence-electron chi connectivity index (χ0n) is 7.95. The minimum absolute atomic E-state index is 0.160. The van der Waals surface area contributed by atoms with E-state index in [1.165, 1.54) is 0 Å². The van der Waals surface area contributed by atoms with E-state index < -0.39 is 5.97 Å². The first-order chi connectivity index (χ1) is 6.24. The smallest absolute Gasteiger partial charge is 0.303 e. The molecule has 1 N–H and O–H groups in total. The van der Waals surface area contributed by atoms with Crippen LogP contribution in [0.25, 0.3) is 0 Å². The SMILES string of the molecule is CO[C@@H]1CCCC=C1CCC(=O)O. The van der Waals surface area contributed by atoms with Gasteiger partial charge in [0.2, 0.25) is 0 Å². The van der Waals surface area contributed by atoms with E-state index in [1.807, 2.05) is 0 Å². The minimum atomic E-state index is -0.735. The van der Waals surface area contributed by atoms with Crippen LogP contribution in [0.5, 0.6) is 0 Å². The van der Waals surface area contributed by atoms with Crippen molar-refractivity contribution in [3.63, 3.8) is 0 Å². The quantitative estimate of drug-likeness (QED) is 0.679. The van der Waals surface area contributed by atoms with Gasteiger partial charge in [0.1, 0.15) is 0 Å². The summed E-state index contributed by atoms with van der Waals surface area (Å²) in [5, 5.41) is 8.54. The molecule has 0 bridgehead atoms. The predicted molar refractivity (Wildman–Crippen MR) is 49.6 cm³/mol. The van der Waals surface area contributed by atoms with Crippen molar-refractivity contribution in [2.75, 3.05) is 7.11 Å². The Morgan fingerprint density at radius 1 is 1.77 bits per heavy atom. The lowest BCUT2D eigenvalue weighted by molar-refractivity contribution is -0.137. The first-order valence-electron chi connectivity index (χ1n) is 4.67. The first kappa shape index (κ1) is 10.3. The molecule has 1 aliphatic carbocycles. The third-order valence-electron chi connectivity index (χ3n) is 2.40. The Hall–Kier alpha value is -0.830. The highest BCUT2D eigenvalue weighted by atomic mass is 16.5. The fraction of sp³-hybridized carbons (Fsp3) is 0.700. The monoisotopic (exact) mass is 184 g/mol. The van der Waals surface area contributed by atoms with Crippen LogP contribution in [0.4, 0.5) is 0 Å². The van der Waals surface area contributed by atoms with Gasteiger partial charge in [-0.25, -0.2) is 0 Å². The van der Waals surface area contributed by atoms with Gasteiger partial charge in [0, 0.05) is 13.5 Å². The molecule has 0 aromatic carbocycles. The van der Waals surface area contributed by atoms with Crippen molar-refractivity contribution < 1.29 is 14.6 Å². The van der Waals surface area contributed by atoms with Crippen LogP contribution in [-0.2, 0) is 9.53 Å². The molecular weight excluding hydrogens is 168 g/mol.